The summed E-state index contributed by atoms with van der Waals surface area (Å²) in [5.41, 5.74) is 1.90. The Morgan fingerprint density at radius 2 is 1.41 bits per heavy atom. The molecule has 1 heterocycles. The second kappa shape index (κ2) is 10.4. The van der Waals surface area contributed by atoms with Gasteiger partial charge in [0.15, 0.2) is 12.4 Å². The van der Waals surface area contributed by atoms with Crippen molar-refractivity contribution in [2.45, 2.75) is 13.0 Å². The van der Waals surface area contributed by atoms with E-state index in [9.17, 15) is 9.59 Å². The summed E-state index contributed by atoms with van der Waals surface area (Å²) in [6.07, 6.45) is 3.59. The minimum absolute atomic E-state index is 0. The van der Waals surface area contributed by atoms with E-state index in [1.807, 2.05) is 55.6 Å². The molecule has 0 radical (unpaired) electrons. The van der Waals surface area contributed by atoms with Crippen molar-refractivity contribution in [3.63, 3.8) is 0 Å². The second-order valence-electron chi connectivity index (χ2n) is 5.77. The van der Waals surface area contributed by atoms with Crippen molar-refractivity contribution in [3.05, 3.63) is 96.3 Å². The van der Waals surface area contributed by atoms with Crippen molar-refractivity contribution in [1.29, 1.82) is 0 Å². The molecule has 0 saturated heterocycles. The van der Waals surface area contributed by atoms with Crippen molar-refractivity contribution < 1.29 is 36.6 Å². The summed E-state index contributed by atoms with van der Waals surface area (Å²) in [6.45, 7) is 1.85. The lowest BCUT2D eigenvalue weighted by molar-refractivity contribution is -0.704. The van der Waals surface area contributed by atoms with Crippen LogP contribution in [0.15, 0.2) is 85.2 Å². The molecule has 6 heteroatoms. The highest BCUT2D eigenvalue weighted by Gasteiger charge is 2.23. The van der Waals surface area contributed by atoms with Crippen molar-refractivity contribution in [3.8, 4) is 0 Å². The zero-order chi connectivity index (χ0) is 17.6. The van der Waals surface area contributed by atoms with Gasteiger partial charge in [0.25, 0.3) is 5.91 Å². The van der Waals surface area contributed by atoms with Crippen LogP contribution < -0.4 is 26.9 Å². The van der Waals surface area contributed by atoms with Crippen LogP contribution in [0, 0.1) is 0 Å². The number of carbonyl (C=O) groups is 2. The smallest absolute Gasteiger partial charge is 0.255 e. The summed E-state index contributed by atoms with van der Waals surface area (Å²) in [6, 6.07) is 21.5. The molecular weight excluding hydrogens is 408 g/mol. The van der Waals surface area contributed by atoms with E-state index in [0.29, 0.717) is 16.8 Å². The number of aromatic nitrogens is 1. The summed E-state index contributed by atoms with van der Waals surface area (Å²) in [5, 5.41) is 2.86. The van der Waals surface area contributed by atoms with Gasteiger partial charge in [0.2, 0.25) is 11.8 Å². The molecule has 5 nitrogen and oxygen atoms in total. The van der Waals surface area contributed by atoms with Crippen LogP contribution in [0.1, 0.15) is 33.7 Å². The largest absolute Gasteiger partial charge is 1.00 e. The van der Waals surface area contributed by atoms with Gasteiger partial charge in [-0.3, -0.25) is 9.59 Å². The fourth-order valence-electron chi connectivity index (χ4n) is 2.58. The Morgan fingerprint density at radius 1 is 0.852 bits per heavy atom. The van der Waals surface area contributed by atoms with E-state index < -0.39 is 0 Å². The third kappa shape index (κ3) is 5.57. The van der Waals surface area contributed by atoms with Gasteiger partial charge < -0.3 is 27.8 Å². The number of Topliss-reactive ketones (excluding diaryl/α,β-unsaturated/α-hetero) is 1. The van der Waals surface area contributed by atoms with Crippen LogP contribution in [0.5, 0.6) is 0 Å². The number of anilines is 1. The number of ketones is 1. The number of pyridine rings is 1. The van der Waals surface area contributed by atoms with E-state index in [1.54, 1.807) is 41.1 Å². The van der Waals surface area contributed by atoms with Gasteiger partial charge in [-0.1, -0.05) is 48.5 Å². The van der Waals surface area contributed by atoms with Crippen molar-refractivity contribution >= 4 is 17.4 Å². The molecule has 140 valence electrons. The molecular formula is C21H21BrN2O3. The van der Waals surface area contributed by atoms with Crippen molar-refractivity contribution in [2.24, 2.45) is 0 Å². The Kier molecular flexibility index (Phi) is 8.51. The standard InChI is InChI=1S/C21H18N2O2.BrH.H2O/c1-16(20(24)17-9-4-2-5-10-17)23-14-8-13-19(15-23)22-21(25)18-11-6-3-7-12-18;;/h2-16H,1H3;1H;1H2. The van der Waals surface area contributed by atoms with E-state index in [0.717, 1.165) is 0 Å². The molecule has 0 aliphatic rings. The topological polar surface area (TPSA) is 81.5 Å². The third-order valence-electron chi connectivity index (χ3n) is 4.00. The third-order valence-corrected chi connectivity index (χ3v) is 4.00. The molecule has 27 heavy (non-hydrogen) atoms. The van der Waals surface area contributed by atoms with E-state index in [-0.39, 0.29) is 40.2 Å². The van der Waals surface area contributed by atoms with Crippen LogP contribution in [0.3, 0.4) is 0 Å². The number of nitrogens with one attached hydrogen (secondary N) is 1. The summed E-state index contributed by atoms with van der Waals surface area (Å²) >= 11 is 0. The van der Waals surface area contributed by atoms with Crippen LogP contribution in [0.4, 0.5) is 5.69 Å². The minimum atomic E-state index is -0.365. The zero-order valence-corrected chi connectivity index (χ0v) is 16.4. The van der Waals surface area contributed by atoms with Gasteiger partial charge in [0.1, 0.15) is 5.69 Å². The lowest BCUT2D eigenvalue weighted by Crippen LogP contribution is -3.00. The monoisotopic (exact) mass is 428 g/mol. The molecule has 0 fully saturated rings. The van der Waals surface area contributed by atoms with Gasteiger partial charge in [-0.25, -0.2) is 0 Å². The molecule has 0 aliphatic carbocycles. The predicted molar refractivity (Wildman–Crippen MR) is 100 cm³/mol. The first kappa shape index (κ1) is 22.2. The van der Waals surface area contributed by atoms with Gasteiger partial charge in [-0.2, -0.15) is 4.57 Å². The molecule has 1 atom stereocenters. The quantitative estimate of drug-likeness (QED) is 0.452. The number of carbonyl (C=O) groups excluding carboxylic acids is 2. The summed E-state index contributed by atoms with van der Waals surface area (Å²) in [7, 11) is 0. The number of benzene rings is 2. The van der Waals surface area contributed by atoms with Crippen molar-refractivity contribution in [1.82, 2.24) is 0 Å². The molecule has 1 aromatic heterocycles. The van der Waals surface area contributed by atoms with Crippen LogP contribution in [0.2, 0.25) is 0 Å². The maximum absolute atomic E-state index is 12.6. The Hall–Kier alpha value is -2.83. The summed E-state index contributed by atoms with van der Waals surface area (Å²) in [5.74, 6) is -0.155. The normalized spacial score (nSPS) is 10.7. The van der Waals surface area contributed by atoms with Gasteiger partial charge in [-0.15, -0.1) is 0 Å². The fourth-order valence-corrected chi connectivity index (χ4v) is 2.58. The minimum Gasteiger partial charge on any atom is -1.00 e. The lowest BCUT2D eigenvalue weighted by atomic mass is 10.1. The van der Waals surface area contributed by atoms with E-state index in [4.69, 9.17) is 0 Å². The maximum Gasteiger partial charge on any atom is 0.255 e. The van der Waals surface area contributed by atoms with Crippen LogP contribution in [-0.4, -0.2) is 17.2 Å². The molecule has 1 amide bonds. The van der Waals surface area contributed by atoms with Crippen LogP contribution in [-0.2, 0) is 0 Å². The lowest BCUT2D eigenvalue weighted by Gasteiger charge is -2.08. The van der Waals surface area contributed by atoms with Gasteiger partial charge in [0, 0.05) is 24.1 Å². The van der Waals surface area contributed by atoms with Gasteiger partial charge >= 0.3 is 0 Å². The molecule has 3 aromatic rings. The molecule has 3 rings (SSSR count). The van der Waals surface area contributed by atoms with Gasteiger partial charge in [0.05, 0.1) is 0 Å². The number of hydrogen-bond acceptors (Lipinski definition) is 2. The second-order valence-corrected chi connectivity index (χ2v) is 5.77. The average Bonchev–Trinajstić information content (AvgIpc) is 2.68. The summed E-state index contributed by atoms with van der Waals surface area (Å²) < 4.78 is 1.80. The number of hydrogen-bond donors (Lipinski definition) is 1. The van der Waals surface area contributed by atoms with E-state index in [2.05, 4.69) is 5.32 Å². The maximum atomic E-state index is 12.6. The zero-order valence-electron chi connectivity index (χ0n) is 14.8. The van der Waals surface area contributed by atoms with Crippen LogP contribution in [0.25, 0.3) is 0 Å². The fraction of sp³-hybridized carbons (Fsp3) is 0.0952. The summed E-state index contributed by atoms with van der Waals surface area (Å²) in [4.78, 5) is 24.9. The highest BCUT2D eigenvalue weighted by molar-refractivity contribution is 6.04. The molecule has 2 aromatic carbocycles. The molecule has 0 spiro atoms. The van der Waals surface area contributed by atoms with Crippen LogP contribution >= 0.6 is 0 Å². The first-order valence-corrected chi connectivity index (χ1v) is 8.11. The average molecular weight is 429 g/mol. The SMILES string of the molecule is CC(C(=O)c1ccccc1)[n+]1cccc(NC(=O)c2ccccc2)c1.O.[Br-]. The highest BCUT2D eigenvalue weighted by Crippen LogP contribution is 2.11. The molecule has 0 bridgehead atoms. The Labute approximate surface area is 168 Å². The number of nitrogens with zero attached hydrogens (tertiary/aromatic N) is 1. The Balaban J connectivity index is 0.00000182. The predicted octanol–water partition coefficient (Wildman–Crippen LogP) is -0.150. The molecule has 0 saturated carbocycles. The Morgan fingerprint density at radius 3 is 2.00 bits per heavy atom. The first-order valence-electron chi connectivity index (χ1n) is 8.11. The number of rotatable bonds is 5. The van der Waals surface area contributed by atoms with E-state index in [1.165, 1.54) is 0 Å². The molecule has 1 unspecified atom stereocenters. The first-order chi connectivity index (χ1) is 12.1. The highest BCUT2D eigenvalue weighted by atomic mass is 79.9. The molecule has 3 N–H and O–H groups in total. The van der Waals surface area contributed by atoms with Crippen molar-refractivity contribution in [2.75, 3.05) is 5.32 Å². The Bertz CT molecular complexity index is 886. The van der Waals surface area contributed by atoms with E-state index >= 15 is 0 Å². The number of halogens is 1. The molecule has 0 aliphatic heterocycles. The van der Waals surface area contributed by atoms with Gasteiger partial charge in [-0.05, 0) is 18.2 Å². The number of amides is 1.